The fraction of sp³-hybridized carbons (Fsp3) is 0.647. The molecule has 0 radical (unpaired) electrons. The number of nitrogens with one attached hydrogen (secondary N) is 1. The number of methoxy groups -OCH3 is 2. The lowest BCUT2D eigenvalue weighted by atomic mass is 9.86. The second-order valence-electron chi connectivity index (χ2n) is 5.75. The molecule has 1 unspecified atom stereocenters. The fourth-order valence-corrected chi connectivity index (χ4v) is 3.90. The van der Waals surface area contributed by atoms with Crippen LogP contribution in [0.3, 0.4) is 0 Å². The zero-order valence-electron chi connectivity index (χ0n) is 13.2. The Morgan fingerprint density at radius 1 is 1.05 bits per heavy atom. The summed E-state index contributed by atoms with van der Waals surface area (Å²) in [5.41, 5.74) is 1.20. The first-order valence-corrected chi connectivity index (χ1v) is 8.59. The van der Waals surface area contributed by atoms with Crippen LogP contribution in [0.15, 0.2) is 16.6 Å². The van der Waals surface area contributed by atoms with Crippen LogP contribution in [0, 0.1) is 5.92 Å². The maximum Gasteiger partial charge on any atom is 0.133 e. The van der Waals surface area contributed by atoms with Crippen LogP contribution >= 0.6 is 15.9 Å². The van der Waals surface area contributed by atoms with Gasteiger partial charge in [0.15, 0.2) is 0 Å². The topological polar surface area (TPSA) is 30.5 Å². The largest absolute Gasteiger partial charge is 0.496 e. The van der Waals surface area contributed by atoms with Gasteiger partial charge in [-0.05, 0) is 53.9 Å². The summed E-state index contributed by atoms with van der Waals surface area (Å²) in [6, 6.07) is 4.43. The van der Waals surface area contributed by atoms with Crippen molar-refractivity contribution in [3.05, 3.63) is 22.2 Å². The van der Waals surface area contributed by atoms with E-state index in [1.54, 1.807) is 14.2 Å². The van der Waals surface area contributed by atoms with E-state index in [1.165, 1.54) is 44.1 Å². The van der Waals surface area contributed by atoms with Crippen LogP contribution in [-0.4, -0.2) is 21.3 Å². The van der Waals surface area contributed by atoms with Gasteiger partial charge in [-0.25, -0.2) is 0 Å². The Morgan fingerprint density at radius 3 is 2.19 bits per heavy atom. The van der Waals surface area contributed by atoms with E-state index < -0.39 is 0 Å². The lowest BCUT2D eigenvalue weighted by Crippen LogP contribution is -2.25. The number of halogens is 1. The molecule has 1 aliphatic rings. The number of hydrogen-bond donors (Lipinski definition) is 1. The molecule has 0 amide bonds. The SMILES string of the molecule is CNC(c1cc(OC)c(Br)cc1OC)C1CCCCCC1. The lowest BCUT2D eigenvalue weighted by Gasteiger charge is -2.28. The van der Waals surface area contributed by atoms with Crippen molar-refractivity contribution in [3.63, 3.8) is 0 Å². The van der Waals surface area contributed by atoms with E-state index in [0.29, 0.717) is 12.0 Å². The van der Waals surface area contributed by atoms with Gasteiger partial charge in [0.05, 0.1) is 18.7 Å². The summed E-state index contributed by atoms with van der Waals surface area (Å²) >= 11 is 3.54. The third-order valence-corrected chi connectivity index (χ3v) is 5.14. The molecule has 21 heavy (non-hydrogen) atoms. The van der Waals surface area contributed by atoms with E-state index in [-0.39, 0.29) is 0 Å². The fourth-order valence-electron chi connectivity index (χ4n) is 3.42. The molecule has 4 heteroatoms. The average Bonchev–Trinajstić information content (AvgIpc) is 2.78. The van der Waals surface area contributed by atoms with Crippen molar-refractivity contribution in [2.24, 2.45) is 5.92 Å². The van der Waals surface area contributed by atoms with Crippen molar-refractivity contribution in [2.75, 3.05) is 21.3 Å². The summed E-state index contributed by atoms with van der Waals surface area (Å²) < 4.78 is 12.0. The van der Waals surface area contributed by atoms with Gasteiger partial charge in [-0.2, -0.15) is 0 Å². The van der Waals surface area contributed by atoms with Gasteiger partial charge in [0.2, 0.25) is 0 Å². The highest BCUT2D eigenvalue weighted by Gasteiger charge is 2.26. The number of ether oxygens (including phenoxy) is 2. The Morgan fingerprint density at radius 2 is 1.67 bits per heavy atom. The van der Waals surface area contributed by atoms with Crippen LogP contribution in [0.2, 0.25) is 0 Å². The molecule has 0 heterocycles. The van der Waals surface area contributed by atoms with Crippen molar-refractivity contribution < 1.29 is 9.47 Å². The first-order chi connectivity index (χ1) is 10.2. The minimum Gasteiger partial charge on any atom is -0.496 e. The van der Waals surface area contributed by atoms with Gasteiger partial charge in [-0.15, -0.1) is 0 Å². The molecule has 0 spiro atoms. The van der Waals surface area contributed by atoms with Crippen LogP contribution in [-0.2, 0) is 0 Å². The Hall–Kier alpha value is -0.740. The molecule has 3 nitrogen and oxygen atoms in total. The maximum atomic E-state index is 5.60. The third-order valence-electron chi connectivity index (χ3n) is 4.52. The Kier molecular flexibility index (Phi) is 6.37. The maximum absolute atomic E-state index is 5.60. The Labute approximate surface area is 136 Å². The minimum atomic E-state index is 0.319. The number of hydrogen-bond acceptors (Lipinski definition) is 3. The van der Waals surface area contributed by atoms with Gasteiger partial charge < -0.3 is 14.8 Å². The van der Waals surface area contributed by atoms with E-state index in [4.69, 9.17) is 9.47 Å². The van der Waals surface area contributed by atoms with Gasteiger partial charge in [-0.3, -0.25) is 0 Å². The van der Waals surface area contributed by atoms with Gasteiger partial charge in [0.25, 0.3) is 0 Å². The smallest absolute Gasteiger partial charge is 0.133 e. The van der Waals surface area contributed by atoms with E-state index in [1.807, 2.05) is 13.1 Å². The molecular weight excluding hydrogens is 330 g/mol. The predicted molar refractivity (Wildman–Crippen MR) is 90.2 cm³/mol. The quantitative estimate of drug-likeness (QED) is 0.776. The molecule has 1 atom stereocenters. The van der Waals surface area contributed by atoms with Crippen LogP contribution in [0.4, 0.5) is 0 Å². The van der Waals surface area contributed by atoms with Crippen LogP contribution < -0.4 is 14.8 Å². The highest BCUT2D eigenvalue weighted by Crippen LogP contribution is 2.41. The summed E-state index contributed by atoms with van der Waals surface area (Å²) in [7, 11) is 5.48. The second-order valence-corrected chi connectivity index (χ2v) is 6.60. The molecule has 1 fully saturated rings. The Bertz CT molecular complexity index is 456. The lowest BCUT2D eigenvalue weighted by molar-refractivity contribution is 0.324. The molecule has 0 saturated heterocycles. The molecular formula is C17H26BrNO2. The van der Waals surface area contributed by atoms with E-state index in [0.717, 1.165) is 16.0 Å². The van der Waals surface area contributed by atoms with Crippen molar-refractivity contribution in [3.8, 4) is 11.5 Å². The molecule has 0 aliphatic heterocycles. The number of benzene rings is 1. The first kappa shape index (κ1) is 16.6. The second kappa shape index (κ2) is 8.04. The van der Waals surface area contributed by atoms with Crippen LogP contribution in [0.1, 0.15) is 50.1 Å². The van der Waals surface area contributed by atoms with Crippen molar-refractivity contribution in [1.29, 1.82) is 0 Å². The monoisotopic (exact) mass is 355 g/mol. The number of rotatable bonds is 5. The minimum absolute atomic E-state index is 0.319. The summed E-state index contributed by atoms with van der Waals surface area (Å²) in [4.78, 5) is 0. The first-order valence-electron chi connectivity index (χ1n) is 7.80. The van der Waals surface area contributed by atoms with Gasteiger partial charge in [0.1, 0.15) is 11.5 Å². The normalized spacial score (nSPS) is 18.1. The van der Waals surface area contributed by atoms with E-state index >= 15 is 0 Å². The standard InChI is InChI=1S/C17H26BrNO2/c1-19-17(12-8-6-4-5-7-9-12)13-10-16(21-3)14(18)11-15(13)20-2/h10-12,17,19H,4-9H2,1-3H3. The van der Waals surface area contributed by atoms with Crippen LogP contribution in [0.25, 0.3) is 0 Å². The zero-order chi connectivity index (χ0) is 15.2. The third kappa shape index (κ3) is 3.92. The predicted octanol–water partition coefficient (Wildman–Crippen LogP) is 4.70. The van der Waals surface area contributed by atoms with Gasteiger partial charge in [0, 0.05) is 11.6 Å². The summed E-state index contributed by atoms with van der Waals surface area (Å²) in [5.74, 6) is 2.45. The summed E-state index contributed by atoms with van der Waals surface area (Å²) in [6.45, 7) is 0. The van der Waals surface area contributed by atoms with Gasteiger partial charge in [-0.1, -0.05) is 25.7 Å². The molecule has 1 aromatic rings. The molecule has 2 rings (SSSR count). The molecule has 118 valence electrons. The highest BCUT2D eigenvalue weighted by atomic mass is 79.9. The Balaban J connectivity index is 2.35. The molecule has 0 bridgehead atoms. The molecule has 1 aliphatic carbocycles. The van der Waals surface area contributed by atoms with E-state index in [2.05, 4.69) is 27.3 Å². The van der Waals surface area contributed by atoms with Gasteiger partial charge >= 0.3 is 0 Å². The van der Waals surface area contributed by atoms with Crippen molar-refractivity contribution in [2.45, 2.75) is 44.6 Å². The summed E-state index contributed by atoms with van der Waals surface area (Å²) in [5, 5.41) is 3.51. The molecule has 1 saturated carbocycles. The van der Waals surface area contributed by atoms with Crippen LogP contribution in [0.5, 0.6) is 11.5 Å². The molecule has 1 N–H and O–H groups in total. The van der Waals surface area contributed by atoms with E-state index in [9.17, 15) is 0 Å². The van der Waals surface area contributed by atoms with Crippen molar-refractivity contribution in [1.82, 2.24) is 5.32 Å². The highest BCUT2D eigenvalue weighted by molar-refractivity contribution is 9.10. The average molecular weight is 356 g/mol. The molecule has 1 aromatic carbocycles. The zero-order valence-corrected chi connectivity index (χ0v) is 14.8. The summed E-state index contributed by atoms with van der Waals surface area (Å²) in [6.07, 6.45) is 7.97. The molecule has 0 aromatic heterocycles. The van der Waals surface area contributed by atoms with Crippen molar-refractivity contribution >= 4 is 15.9 Å².